The van der Waals surface area contributed by atoms with Crippen molar-refractivity contribution in [3.63, 3.8) is 0 Å². The normalized spacial score (nSPS) is 18.6. The fourth-order valence-electron chi connectivity index (χ4n) is 6.27. The maximum atomic E-state index is 12.7. The molecular weight excluding hydrogens is 424 g/mol. The SMILES string of the molecule is CCC(CC)(CCC1CCCCC1)OC(=O)CCC(=O)OC(CC)(CC)CCC1CCCCC1. The van der Waals surface area contributed by atoms with E-state index in [1.54, 1.807) is 0 Å². The van der Waals surface area contributed by atoms with Gasteiger partial charge in [0.1, 0.15) is 11.2 Å². The Hall–Kier alpha value is -1.06. The largest absolute Gasteiger partial charge is 0.459 e. The summed E-state index contributed by atoms with van der Waals surface area (Å²) in [6.07, 6.45) is 21.1. The number of rotatable bonds is 15. The summed E-state index contributed by atoms with van der Waals surface area (Å²) in [7, 11) is 0. The summed E-state index contributed by atoms with van der Waals surface area (Å²) >= 11 is 0. The molecule has 4 nitrogen and oxygen atoms in total. The summed E-state index contributed by atoms with van der Waals surface area (Å²) in [6.45, 7) is 8.48. The maximum absolute atomic E-state index is 12.7. The van der Waals surface area contributed by atoms with Crippen molar-refractivity contribution in [3.8, 4) is 0 Å². The molecule has 0 N–H and O–H groups in total. The molecule has 0 saturated heterocycles. The van der Waals surface area contributed by atoms with Crippen LogP contribution < -0.4 is 0 Å². The van der Waals surface area contributed by atoms with Gasteiger partial charge in [-0.25, -0.2) is 0 Å². The number of hydrogen-bond donors (Lipinski definition) is 0. The average Bonchev–Trinajstić information content (AvgIpc) is 2.89. The van der Waals surface area contributed by atoms with Gasteiger partial charge in [-0.15, -0.1) is 0 Å². The van der Waals surface area contributed by atoms with Gasteiger partial charge in [-0.3, -0.25) is 9.59 Å². The Labute approximate surface area is 210 Å². The van der Waals surface area contributed by atoms with Crippen molar-refractivity contribution in [1.82, 2.24) is 0 Å². The Morgan fingerprint density at radius 1 is 0.588 bits per heavy atom. The maximum Gasteiger partial charge on any atom is 0.306 e. The average molecular weight is 479 g/mol. The predicted molar refractivity (Wildman–Crippen MR) is 140 cm³/mol. The molecule has 2 fully saturated rings. The molecule has 2 rings (SSSR count). The molecule has 2 saturated carbocycles. The van der Waals surface area contributed by atoms with Gasteiger partial charge in [-0.2, -0.15) is 0 Å². The highest BCUT2D eigenvalue weighted by molar-refractivity contribution is 5.78. The Bertz CT molecular complexity index is 527. The zero-order chi connectivity index (χ0) is 24.9. The van der Waals surface area contributed by atoms with E-state index in [1.165, 1.54) is 64.2 Å². The molecule has 198 valence electrons. The van der Waals surface area contributed by atoms with Crippen LogP contribution in [0.4, 0.5) is 0 Å². The molecule has 0 heterocycles. The summed E-state index contributed by atoms with van der Waals surface area (Å²) in [5, 5.41) is 0. The lowest BCUT2D eigenvalue weighted by Gasteiger charge is -2.34. The van der Waals surface area contributed by atoms with Crippen molar-refractivity contribution in [2.45, 2.75) is 167 Å². The standard InChI is InChI=1S/C30H54O4/c1-5-29(6-2,23-21-25-15-11-9-12-16-25)33-27(31)19-20-28(32)34-30(7-3,8-4)24-22-26-17-13-10-14-18-26/h25-26H,5-24H2,1-4H3. The fraction of sp³-hybridized carbons (Fsp3) is 0.933. The molecule has 0 aromatic carbocycles. The minimum Gasteiger partial charge on any atom is -0.459 e. The first-order chi connectivity index (χ1) is 16.4. The molecule has 0 bridgehead atoms. The van der Waals surface area contributed by atoms with E-state index >= 15 is 0 Å². The Morgan fingerprint density at radius 3 is 1.21 bits per heavy atom. The number of carbonyl (C=O) groups is 2. The first-order valence-corrected chi connectivity index (χ1v) is 14.8. The zero-order valence-electron chi connectivity index (χ0n) is 22.9. The first kappa shape index (κ1) is 29.2. The highest BCUT2D eigenvalue weighted by atomic mass is 16.6. The van der Waals surface area contributed by atoms with Gasteiger partial charge in [-0.1, -0.05) is 91.9 Å². The lowest BCUT2D eigenvalue weighted by molar-refractivity contribution is -0.169. The smallest absolute Gasteiger partial charge is 0.306 e. The van der Waals surface area contributed by atoms with E-state index in [-0.39, 0.29) is 36.0 Å². The van der Waals surface area contributed by atoms with Crippen LogP contribution in [0.2, 0.25) is 0 Å². The topological polar surface area (TPSA) is 52.6 Å². The quantitative estimate of drug-likeness (QED) is 0.221. The summed E-state index contributed by atoms with van der Waals surface area (Å²) in [6, 6.07) is 0. The molecule has 0 amide bonds. The van der Waals surface area contributed by atoms with Crippen molar-refractivity contribution in [2.75, 3.05) is 0 Å². The molecule has 2 aliphatic carbocycles. The van der Waals surface area contributed by atoms with Crippen LogP contribution in [0.15, 0.2) is 0 Å². The van der Waals surface area contributed by atoms with Gasteiger partial charge >= 0.3 is 11.9 Å². The van der Waals surface area contributed by atoms with Crippen molar-refractivity contribution in [3.05, 3.63) is 0 Å². The van der Waals surface area contributed by atoms with Crippen LogP contribution >= 0.6 is 0 Å². The highest BCUT2D eigenvalue weighted by Gasteiger charge is 2.34. The van der Waals surface area contributed by atoms with Gasteiger partial charge in [0.05, 0.1) is 12.8 Å². The van der Waals surface area contributed by atoms with Crippen LogP contribution in [0, 0.1) is 11.8 Å². The molecule has 0 aromatic rings. The van der Waals surface area contributed by atoms with Crippen LogP contribution in [-0.4, -0.2) is 23.1 Å². The number of hydrogen-bond acceptors (Lipinski definition) is 4. The third kappa shape index (κ3) is 9.53. The van der Waals surface area contributed by atoms with Crippen molar-refractivity contribution in [1.29, 1.82) is 0 Å². The van der Waals surface area contributed by atoms with E-state index in [0.29, 0.717) is 0 Å². The molecule has 0 spiro atoms. The van der Waals surface area contributed by atoms with Crippen LogP contribution in [0.1, 0.15) is 156 Å². The van der Waals surface area contributed by atoms with E-state index in [0.717, 1.165) is 63.2 Å². The molecule has 0 aromatic heterocycles. The van der Waals surface area contributed by atoms with E-state index in [1.807, 2.05) is 0 Å². The van der Waals surface area contributed by atoms with E-state index < -0.39 is 0 Å². The third-order valence-electron chi connectivity index (χ3n) is 9.24. The lowest BCUT2D eigenvalue weighted by Crippen LogP contribution is -2.36. The summed E-state index contributed by atoms with van der Waals surface area (Å²) in [5.41, 5.74) is -0.760. The molecule has 34 heavy (non-hydrogen) atoms. The van der Waals surface area contributed by atoms with E-state index in [4.69, 9.17) is 9.47 Å². The second kappa shape index (κ2) is 15.1. The predicted octanol–water partition coefficient (Wildman–Crippen LogP) is 8.69. The Kier molecular flexibility index (Phi) is 13.0. The van der Waals surface area contributed by atoms with Crippen molar-refractivity contribution < 1.29 is 19.1 Å². The minimum absolute atomic E-state index is 0.121. The second-order valence-electron chi connectivity index (χ2n) is 11.3. The molecule has 0 atom stereocenters. The van der Waals surface area contributed by atoms with Crippen LogP contribution in [0.25, 0.3) is 0 Å². The summed E-state index contributed by atoms with van der Waals surface area (Å²) < 4.78 is 12.1. The van der Waals surface area contributed by atoms with E-state index in [9.17, 15) is 9.59 Å². The van der Waals surface area contributed by atoms with E-state index in [2.05, 4.69) is 27.7 Å². The van der Waals surface area contributed by atoms with Crippen LogP contribution in [0.3, 0.4) is 0 Å². The number of carbonyl (C=O) groups excluding carboxylic acids is 2. The third-order valence-corrected chi connectivity index (χ3v) is 9.24. The number of esters is 2. The summed E-state index contributed by atoms with van der Waals surface area (Å²) in [5.74, 6) is 1.07. The van der Waals surface area contributed by atoms with Gasteiger partial charge in [0.15, 0.2) is 0 Å². The summed E-state index contributed by atoms with van der Waals surface area (Å²) in [4.78, 5) is 25.5. The lowest BCUT2D eigenvalue weighted by atomic mass is 9.81. The fourth-order valence-corrected chi connectivity index (χ4v) is 6.27. The first-order valence-electron chi connectivity index (χ1n) is 14.8. The zero-order valence-corrected chi connectivity index (χ0v) is 22.9. The minimum atomic E-state index is -0.380. The Morgan fingerprint density at radius 2 is 0.912 bits per heavy atom. The number of ether oxygens (including phenoxy) is 2. The van der Waals surface area contributed by atoms with Gasteiger partial charge < -0.3 is 9.47 Å². The van der Waals surface area contributed by atoms with Gasteiger partial charge in [0.25, 0.3) is 0 Å². The van der Waals surface area contributed by atoms with Crippen molar-refractivity contribution >= 4 is 11.9 Å². The second-order valence-corrected chi connectivity index (χ2v) is 11.3. The molecule has 0 aliphatic heterocycles. The van der Waals surface area contributed by atoms with Gasteiger partial charge in [0, 0.05) is 0 Å². The molecule has 0 radical (unpaired) electrons. The molecular formula is C30H54O4. The highest BCUT2D eigenvalue weighted by Crippen LogP contribution is 2.35. The van der Waals surface area contributed by atoms with Crippen molar-refractivity contribution in [2.24, 2.45) is 11.8 Å². The van der Waals surface area contributed by atoms with Crippen LogP contribution in [0.5, 0.6) is 0 Å². The monoisotopic (exact) mass is 478 g/mol. The van der Waals surface area contributed by atoms with Crippen LogP contribution in [-0.2, 0) is 19.1 Å². The Balaban J connectivity index is 1.80. The molecule has 0 unspecified atom stereocenters. The van der Waals surface area contributed by atoms with Gasteiger partial charge in [-0.05, 0) is 63.2 Å². The molecule has 4 heteroatoms. The molecule has 2 aliphatic rings. The van der Waals surface area contributed by atoms with Gasteiger partial charge in [0.2, 0.25) is 0 Å².